The summed E-state index contributed by atoms with van der Waals surface area (Å²) in [7, 11) is 0. The summed E-state index contributed by atoms with van der Waals surface area (Å²) in [6.45, 7) is 4.76. The molecule has 1 aromatic rings. The first-order valence-corrected chi connectivity index (χ1v) is 8.44. The van der Waals surface area contributed by atoms with E-state index in [1.807, 2.05) is 0 Å². The molecule has 0 fully saturated rings. The van der Waals surface area contributed by atoms with Crippen LogP contribution in [0.15, 0.2) is 41.5 Å². The fourth-order valence-corrected chi connectivity index (χ4v) is 3.35. The van der Waals surface area contributed by atoms with E-state index in [9.17, 15) is 19.7 Å². The maximum Gasteiger partial charge on any atom is 0.312 e. The molecule has 0 aliphatic carbocycles. The van der Waals surface area contributed by atoms with E-state index in [0.29, 0.717) is 15.7 Å². The number of hydrogen-bond acceptors (Lipinski definition) is 8. The van der Waals surface area contributed by atoms with Crippen molar-refractivity contribution in [3.63, 3.8) is 0 Å². The van der Waals surface area contributed by atoms with Gasteiger partial charge in [0.2, 0.25) is 10.9 Å². The molecule has 1 heterocycles. The zero-order valence-electron chi connectivity index (χ0n) is 12.6. The number of carbonyl (C=O) groups excluding carboxylic acids is 2. The number of esters is 1. The van der Waals surface area contributed by atoms with Crippen LogP contribution in [0.3, 0.4) is 0 Å². The van der Waals surface area contributed by atoms with Gasteiger partial charge in [-0.05, 0) is 29.5 Å². The molecule has 0 saturated heterocycles. The van der Waals surface area contributed by atoms with Crippen LogP contribution in [0, 0.1) is 10.1 Å². The second-order valence-corrected chi connectivity index (χ2v) is 6.70. The summed E-state index contributed by atoms with van der Waals surface area (Å²) < 4.78 is 5.41. The minimum atomic E-state index is -0.653. The van der Waals surface area contributed by atoms with Gasteiger partial charge in [0, 0.05) is 18.7 Å². The Labute approximate surface area is 146 Å². The van der Waals surface area contributed by atoms with E-state index in [1.165, 1.54) is 36.0 Å². The van der Waals surface area contributed by atoms with Crippen molar-refractivity contribution in [2.24, 2.45) is 4.99 Å². The van der Waals surface area contributed by atoms with Crippen LogP contribution in [0.25, 0.3) is 6.08 Å². The third-order valence-electron chi connectivity index (χ3n) is 2.66. The molecular formula is C15H12N2O5S2. The Hall–Kier alpha value is -2.39. The lowest BCUT2D eigenvalue weighted by atomic mass is 10.1. The summed E-state index contributed by atoms with van der Waals surface area (Å²) in [5.74, 6) is -0.165. The molecule has 0 atom stereocenters. The molecule has 1 aliphatic rings. The molecule has 1 aliphatic heterocycles. The molecule has 0 aromatic heterocycles. The minimum absolute atomic E-state index is 0.146. The zero-order chi connectivity index (χ0) is 17.7. The number of nitrogens with zero attached hydrogens (tertiary/aromatic N) is 2. The Morgan fingerprint density at radius 2 is 2.29 bits per heavy atom. The lowest BCUT2D eigenvalue weighted by Gasteiger charge is -2.03. The Bertz CT molecular complexity index is 786. The second kappa shape index (κ2) is 7.93. The van der Waals surface area contributed by atoms with E-state index >= 15 is 0 Å². The second-order valence-electron chi connectivity index (χ2n) is 4.47. The molecule has 24 heavy (non-hydrogen) atoms. The highest BCUT2D eigenvalue weighted by molar-refractivity contribution is 8.45. The SMILES string of the molecule is C=CCSC1=N/C(=C\c2ccc(OC(C)=O)c([N+](=O)[O-])c2)C(=O)S1. The topological polar surface area (TPSA) is 98.9 Å². The van der Waals surface area contributed by atoms with E-state index in [-0.39, 0.29) is 22.2 Å². The molecule has 0 bridgehead atoms. The first-order chi connectivity index (χ1) is 11.4. The maximum absolute atomic E-state index is 11.9. The lowest BCUT2D eigenvalue weighted by Crippen LogP contribution is -2.04. The normalized spacial score (nSPS) is 15.3. The number of carbonyl (C=O) groups is 2. The van der Waals surface area contributed by atoms with Crippen LogP contribution >= 0.6 is 23.5 Å². The molecular weight excluding hydrogens is 352 g/mol. The molecule has 2 rings (SSSR count). The van der Waals surface area contributed by atoms with Gasteiger partial charge in [0.15, 0.2) is 0 Å². The van der Waals surface area contributed by atoms with Crippen molar-refractivity contribution in [1.29, 1.82) is 0 Å². The molecule has 0 spiro atoms. The molecule has 0 unspecified atom stereocenters. The van der Waals surface area contributed by atoms with Crippen LogP contribution in [0.2, 0.25) is 0 Å². The van der Waals surface area contributed by atoms with Crippen molar-refractivity contribution in [3.05, 3.63) is 52.2 Å². The predicted molar refractivity (Wildman–Crippen MR) is 95.1 cm³/mol. The Morgan fingerprint density at radius 3 is 2.92 bits per heavy atom. The highest BCUT2D eigenvalue weighted by atomic mass is 32.2. The van der Waals surface area contributed by atoms with E-state index < -0.39 is 10.9 Å². The van der Waals surface area contributed by atoms with E-state index in [4.69, 9.17) is 4.74 Å². The maximum atomic E-state index is 11.9. The first kappa shape index (κ1) is 18.0. The van der Waals surface area contributed by atoms with Gasteiger partial charge in [-0.1, -0.05) is 23.9 Å². The van der Waals surface area contributed by atoms with E-state index in [2.05, 4.69) is 11.6 Å². The molecule has 0 saturated carbocycles. The predicted octanol–water partition coefficient (Wildman–Crippen LogP) is 3.41. The summed E-state index contributed by atoms with van der Waals surface area (Å²) in [6.07, 6.45) is 3.17. The zero-order valence-corrected chi connectivity index (χ0v) is 14.2. The van der Waals surface area contributed by atoms with Crippen LogP contribution < -0.4 is 4.74 Å². The van der Waals surface area contributed by atoms with Gasteiger partial charge in [-0.25, -0.2) is 4.99 Å². The Morgan fingerprint density at radius 1 is 1.54 bits per heavy atom. The summed E-state index contributed by atoms with van der Waals surface area (Å²) in [6, 6.07) is 4.06. The summed E-state index contributed by atoms with van der Waals surface area (Å²) in [4.78, 5) is 37.6. The first-order valence-electron chi connectivity index (χ1n) is 6.64. The summed E-state index contributed by atoms with van der Waals surface area (Å²) >= 11 is 2.40. The number of hydrogen-bond donors (Lipinski definition) is 0. The van der Waals surface area contributed by atoms with Crippen LogP contribution in [-0.4, -0.2) is 26.1 Å². The average molecular weight is 364 g/mol. The quantitative estimate of drug-likeness (QED) is 0.197. The molecule has 0 amide bonds. The third-order valence-corrected chi connectivity index (χ3v) is 4.67. The van der Waals surface area contributed by atoms with Crippen molar-refractivity contribution in [3.8, 4) is 5.75 Å². The smallest absolute Gasteiger partial charge is 0.312 e. The van der Waals surface area contributed by atoms with Gasteiger partial charge in [-0.2, -0.15) is 0 Å². The highest BCUT2D eigenvalue weighted by Crippen LogP contribution is 2.33. The summed E-state index contributed by atoms with van der Waals surface area (Å²) in [5.41, 5.74) is 0.268. The molecule has 0 radical (unpaired) electrons. The largest absolute Gasteiger partial charge is 0.419 e. The monoisotopic (exact) mass is 364 g/mol. The van der Waals surface area contributed by atoms with Crippen LogP contribution in [0.4, 0.5) is 5.69 Å². The molecule has 9 heteroatoms. The number of ether oxygens (including phenoxy) is 1. The Kier molecular flexibility index (Phi) is 5.93. The third kappa shape index (κ3) is 4.56. The fraction of sp³-hybridized carbons (Fsp3) is 0.133. The molecule has 0 N–H and O–H groups in total. The van der Waals surface area contributed by atoms with Gasteiger partial charge in [0.05, 0.1) is 4.92 Å². The van der Waals surface area contributed by atoms with Gasteiger partial charge in [0.1, 0.15) is 10.1 Å². The van der Waals surface area contributed by atoms with Crippen LogP contribution in [-0.2, 0) is 9.59 Å². The number of rotatable bonds is 5. The lowest BCUT2D eigenvalue weighted by molar-refractivity contribution is -0.385. The average Bonchev–Trinajstić information content (AvgIpc) is 2.86. The number of nitro groups is 1. The molecule has 7 nitrogen and oxygen atoms in total. The number of benzene rings is 1. The molecule has 124 valence electrons. The number of aliphatic imine (C=N–C) groups is 1. The van der Waals surface area contributed by atoms with Crippen molar-refractivity contribution < 1.29 is 19.2 Å². The highest BCUT2D eigenvalue weighted by Gasteiger charge is 2.23. The fourth-order valence-electron chi connectivity index (χ4n) is 1.75. The number of thioether (sulfide) groups is 2. The van der Waals surface area contributed by atoms with Crippen molar-refractivity contribution in [2.45, 2.75) is 6.92 Å². The van der Waals surface area contributed by atoms with Gasteiger partial charge < -0.3 is 4.74 Å². The molecule has 1 aromatic carbocycles. The van der Waals surface area contributed by atoms with Gasteiger partial charge in [-0.3, -0.25) is 19.7 Å². The van der Waals surface area contributed by atoms with Crippen LogP contribution in [0.1, 0.15) is 12.5 Å². The van der Waals surface area contributed by atoms with Gasteiger partial charge in [-0.15, -0.1) is 6.58 Å². The van der Waals surface area contributed by atoms with Gasteiger partial charge >= 0.3 is 11.7 Å². The standard InChI is InChI=1S/C15H12N2O5S2/c1-3-6-23-15-16-11(14(19)24-15)7-10-4-5-13(22-9(2)18)12(8-10)17(20)21/h3-5,7-8H,1,6H2,2H3/b11-7-. The van der Waals surface area contributed by atoms with Crippen molar-refractivity contribution >= 4 is 50.7 Å². The summed E-state index contributed by atoms with van der Waals surface area (Å²) in [5, 5.41) is 10.9. The Balaban J connectivity index is 2.32. The number of nitro benzene ring substituents is 1. The van der Waals surface area contributed by atoms with Crippen molar-refractivity contribution in [2.75, 3.05) is 5.75 Å². The van der Waals surface area contributed by atoms with Gasteiger partial charge in [0.25, 0.3) is 0 Å². The van der Waals surface area contributed by atoms with E-state index in [1.54, 1.807) is 6.08 Å². The van der Waals surface area contributed by atoms with Crippen molar-refractivity contribution in [1.82, 2.24) is 0 Å². The van der Waals surface area contributed by atoms with E-state index in [0.717, 1.165) is 18.7 Å². The van der Waals surface area contributed by atoms with Crippen LogP contribution in [0.5, 0.6) is 5.75 Å². The minimum Gasteiger partial charge on any atom is -0.419 e.